The highest BCUT2D eigenvalue weighted by Gasteiger charge is 2.31. The molecule has 7 heteroatoms. The Morgan fingerprint density at radius 2 is 2.26 bits per heavy atom. The van der Waals surface area contributed by atoms with E-state index in [0.717, 1.165) is 0 Å². The number of rotatable bonds is 3. The average molecular weight is 355 g/mol. The number of nitrogens with one attached hydrogen (secondary N) is 1. The monoisotopic (exact) mass is 353 g/mol. The van der Waals surface area contributed by atoms with Crippen LogP contribution in [0, 0.1) is 5.82 Å². The maximum Gasteiger partial charge on any atom is 0.323 e. The number of halogens is 3. The summed E-state index contributed by atoms with van der Waals surface area (Å²) in [5.74, 6) is -0.0563. The molecule has 0 spiro atoms. The first kappa shape index (κ1) is 16.2. The summed E-state index contributed by atoms with van der Waals surface area (Å²) in [5.41, 5.74) is 0. The van der Waals surface area contributed by atoms with Crippen LogP contribution in [0.4, 0.5) is 4.39 Å². The molecule has 1 aliphatic rings. The van der Waals surface area contributed by atoms with Gasteiger partial charge in [0.25, 0.3) is 0 Å². The quantitative estimate of drug-likeness (QED) is 0.846. The van der Waals surface area contributed by atoms with Crippen LogP contribution in [0.3, 0.4) is 0 Å². The summed E-state index contributed by atoms with van der Waals surface area (Å²) in [4.78, 5) is 11.3. The third-order valence-corrected chi connectivity index (χ3v) is 3.38. The van der Waals surface area contributed by atoms with Crippen LogP contribution < -0.4 is 10.1 Å². The van der Waals surface area contributed by atoms with Crippen molar-refractivity contribution in [3.05, 3.63) is 28.5 Å². The maximum absolute atomic E-state index is 12.9. The minimum Gasteiger partial charge on any atom is -0.488 e. The van der Waals surface area contributed by atoms with Gasteiger partial charge in [0.15, 0.2) is 0 Å². The molecule has 1 saturated heterocycles. The van der Waals surface area contributed by atoms with Crippen LogP contribution in [0.25, 0.3) is 0 Å². The van der Waals surface area contributed by atoms with Crippen molar-refractivity contribution < 1.29 is 18.7 Å². The highest BCUT2D eigenvalue weighted by atomic mass is 79.9. The van der Waals surface area contributed by atoms with E-state index in [1.807, 2.05) is 0 Å². The van der Waals surface area contributed by atoms with Gasteiger partial charge in [-0.05, 0) is 34.1 Å². The van der Waals surface area contributed by atoms with Gasteiger partial charge in [0.2, 0.25) is 0 Å². The van der Waals surface area contributed by atoms with Gasteiger partial charge >= 0.3 is 5.97 Å². The first-order valence-corrected chi connectivity index (χ1v) is 6.32. The molecule has 2 atom stereocenters. The fourth-order valence-corrected chi connectivity index (χ4v) is 2.31. The molecule has 1 aromatic carbocycles. The van der Waals surface area contributed by atoms with Crippen LogP contribution in [0.15, 0.2) is 22.7 Å². The number of carbonyl (C=O) groups excluding carboxylic acids is 1. The number of methoxy groups -OCH3 is 1. The summed E-state index contributed by atoms with van der Waals surface area (Å²) >= 11 is 3.24. The molecule has 0 radical (unpaired) electrons. The molecular formula is C12H14BrClFNO3. The van der Waals surface area contributed by atoms with Crippen molar-refractivity contribution in [1.82, 2.24) is 5.32 Å². The second kappa shape index (κ2) is 7.07. The van der Waals surface area contributed by atoms with Gasteiger partial charge in [0, 0.05) is 13.0 Å². The van der Waals surface area contributed by atoms with Crippen molar-refractivity contribution in [3.8, 4) is 5.75 Å². The van der Waals surface area contributed by atoms with E-state index in [4.69, 9.17) is 4.74 Å². The number of ether oxygens (including phenoxy) is 2. The standard InChI is InChI=1S/C12H13BrFNO3.ClH/c1-17-12(16)10-5-8(6-15-10)18-11-3-2-7(14)4-9(11)13;/h2-4,8,10,15H,5-6H2,1H3;1H. The molecule has 1 aromatic rings. The lowest BCUT2D eigenvalue weighted by Crippen LogP contribution is -2.31. The zero-order valence-electron chi connectivity index (χ0n) is 10.2. The zero-order chi connectivity index (χ0) is 13.1. The average Bonchev–Trinajstić information content (AvgIpc) is 2.80. The fraction of sp³-hybridized carbons (Fsp3) is 0.417. The van der Waals surface area contributed by atoms with Gasteiger partial charge in [-0.1, -0.05) is 0 Å². The maximum atomic E-state index is 12.9. The largest absolute Gasteiger partial charge is 0.488 e. The summed E-state index contributed by atoms with van der Waals surface area (Å²) in [6.07, 6.45) is 0.409. The number of hydrogen-bond acceptors (Lipinski definition) is 4. The molecule has 0 aromatic heterocycles. The third-order valence-electron chi connectivity index (χ3n) is 2.76. The molecule has 0 aliphatic carbocycles. The van der Waals surface area contributed by atoms with Crippen LogP contribution in [-0.2, 0) is 9.53 Å². The van der Waals surface area contributed by atoms with Gasteiger partial charge in [-0.2, -0.15) is 0 Å². The van der Waals surface area contributed by atoms with Gasteiger partial charge in [0.1, 0.15) is 23.7 Å². The normalized spacial score (nSPS) is 21.6. The summed E-state index contributed by atoms with van der Waals surface area (Å²) in [6.45, 7) is 0.559. The Kier molecular flexibility index (Phi) is 6.03. The molecule has 19 heavy (non-hydrogen) atoms. The highest BCUT2D eigenvalue weighted by Crippen LogP contribution is 2.27. The van der Waals surface area contributed by atoms with Crippen LogP contribution >= 0.6 is 28.3 Å². The molecule has 0 saturated carbocycles. The van der Waals surface area contributed by atoms with Crippen LogP contribution in [0.5, 0.6) is 5.75 Å². The second-order valence-electron chi connectivity index (χ2n) is 4.03. The van der Waals surface area contributed by atoms with Crippen molar-refractivity contribution in [3.63, 3.8) is 0 Å². The number of hydrogen-bond donors (Lipinski definition) is 1. The lowest BCUT2D eigenvalue weighted by atomic mass is 10.2. The predicted molar refractivity (Wildman–Crippen MR) is 74.2 cm³/mol. The Morgan fingerprint density at radius 1 is 1.53 bits per heavy atom. The molecule has 2 rings (SSSR count). The number of carbonyl (C=O) groups is 1. The lowest BCUT2D eigenvalue weighted by molar-refractivity contribution is -0.142. The minimum atomic E-state index is -0.334. The smallest absolute Gasteiger partial charge is 0.323 e. The van der Waals surface area contributed by atoms with E-state index in [0.29, 0.717) is 23.2 Å². The SMILES string of the molecule is COC(=O)C1CC(Oc2ccc(F)cc2Br)CN1.Cl. The molecule has 1 aliphatic heterocycles. The Morgan fingerprint density at radius 3 is 2.89 bits per heavy atom. The Labute approximate surface area is 125 Å². The first-order chi connectivity index (χ1) is 8.60. The van der Waals surface area contributed by atoms with E-state index >= 15 is 0 Å². The number of esters is 1. The highest BCUT2D eigenvalue weighted by molar-refractivity contribution is 9.10. The van der Waals surface area contributed by atoms with E-state index in [1.54, 1.807) is 6.07 Å². The molecule has 2 unspecified atom stereocenters. The molecule has 1 heterocycles. The lowest BCUT2D eigenvalue weighted by Gasteiger charge is -2.14. The molecule has 0 bridgehead atoms. The first-order valence-electron chi connectivity index (χ1n) is 5.53. The van der Waals surface area contributed by atoms with Crippen LogP contribution in [0.1, 0.15) is 6.42 Å². The van der Waals surface area contributed by atoms with Crippen molar-refractivity contribution in [2.24, 2.45) is 0 Å². The van der Waals surface area contributed by atoms with E-state index in [2.05, 4.69) is 26.0 Å². The second-order valence-corrected chi connectivity index (χ2v) is 4.89. The summed E-state index contributed by atoms with van der Waals surface area (Å²) in [5, 5.41) is 3.02. The molecule has 1 N–H and O–H groups in total. The van der Waals surface area contributed by atoms with Crippen molar-refractivity contribution in [1.29, 1.82) is 0 Å². The molecule has 106 valence electrons. The van der Waals surface area contributed by atoms with Crippen molar-refractivity contribution >= 4 is 34.3 Å². The third kappa shape index (κ3) is 4.06. The molecule has 4 nitrogen and oxygen atoms in total. The molecule has 1 fully saturated rings. The topological polar surface area (TPSA) is 47.6 Å². The van der Waals surface area contributed by atoms with Crippen molar-refractivity contribution in [2.45, 2.75) is 18.6 Å². The fourth-order valence-electron chi connectivity index (χ4n) is 1.87. The van der Waals surface area contributed by atoms with Gasteiger partial charge in [-0.25, -0.2) is 4.39 Å². The molecule has 0 amide bonds. The van der Waals surface area contributed by atoms with E-state index < -0.39 is 0 Å². The summed E-state index contributed by atoms with van der Waals surface area (Å²) in [7, 11) is 1.36. The Bertz CT molecular complexity index is 461. The van der Waals surface area contributed by atoms with Gasteiger partial charge in [0.05, 0.1) is 11.6 Å². The van der Waals surface area contributed by atoms with Gasteiger partial charge < -0.3 is 14.8 Å². The van der Waals surface area contributed by atoms with Gasteiger partial charge in [-0.3, -0.25) is 4.79 Å². The van der Waals surface area contributed by atoms with E-state index in [9.17, 15) is 9.18 Å². The summed E-state index contributed by atoms with van der Waals surface area (Å²) < 4.78 is 23.8. The minimum absolute atomic E-state index is 0. The zero-order valence-corrected chi connectivity index (χ0v) is 12.6. The molecular weight excluding hydrogens is 340 g/mol. The predicted octanol–water partition coefficient (Wildman–Crippen LogP) is 2.29. The summed E-state index contributed by atoms with van der Waals surface area (Å²) in [6, 6.07) is 3.90. The van der Waals surface area contributed by atoms with Gasteiger partial charge in [-0.15, -0.1) is 12.4 Å². The Balaban J connectivity index is 0.00000180. The van der Waals surface area contributed by atoms with E-state index in [1.165, 1.54) is 19.2 Å². The van der Waals surface area contributed by atoms with E-state index in [-0.39, 0.29) is 36.3 Å². The van der Waals surface area contributed by atoms with Crippen molar-refractivity contribution in [2.75, 3.05) is 13.7 Å². The van der Waals surface area contributed by atoms with Crippen LogP contribution in [0.2, 0.25) is 0 Å². The van der Waals surface area contributed by atoms with Crippen LogP contribution in [-0.4, -0.2) is 31.8 Å². The Hall–Kier alpha value is -0.850. The number of benzene rings is 1.